The van der Waals surface area contributed by atoms with Crippen LogP contribution in [-0.4, -0.2) is 50.2 Å². The van der Waals surface area contributed by atoms with E-state index in [4.69, 9.17) is 14.2 Å². The number of hydrogen-bond donors (Lipinski definition) is 0. The van der Waals surface area contributed by atoms with E-state index in [1.54, 1.807) is 25.0 Å². The number of methoxy groups -OCH3 is 2. The first-order valence-corrected chi connectivity index (χ1v) is 8.71. The van der Waals surface area contributed by atoms with Crippen molar-refractivity contribution < 1.29 is 23.8 Å². The van der Waals surface area contributed by atoms with E-state index in [1.165, 1.54) is 13.2 Å². The quantitative estimate of drug-likeness (QED) is 0.498. The van der Waals surface area contributed by atoms with Gasteiger partial charge in [0, 0.05) is 18.7 Å². The number of rotatable bonds is 9. The normalized spacial score (nSPS) is 12.1. The van der Waals surface area contributed by atoms with E-state index in [0.29, 0.717) is 24.7 Å². The third kappa shape index (κ3) is 6.10. The van der Waals surface area contributed by atoms with Crippen molar-refractivity contribution in [2.45, 2.75) is 33.7 Å². The maximum Gasteiger partial charge on any atom is 0.310 e. The molecule has 1 aromatic carbocycles. The van der Waals surface area contributed by atoms with Crippen LogP contribution < -0.4 is 9.47 Å². The second-order valence-electron chi connectivity index (χ2n) is 6.19. The van der Waals surface area contributed by atoms with Gasteiger partial charge in [-0.05, 0) is 44.5 Å². The Bertz CT molecular complexity index is 639. The Hall–Kier alpha value is -2.50. The van der Waals surface area contributed by atoms with Gasteiger partial charge in [0.15, 0.2) is 11.5 Å². The fourth-order valence-electron chi connectivity index (χ4n) is 2.45. The molecule has 0 aliphatic heterocycles. The molecule has 0 fully saturated rings. The standard InChI is InChI=1S/C20H29NO5/c1-7-26-17-10-8-16(12-18(17)24-5)9-11-19(22)21(14(2)3)13-15(4)20(23)25-6/h8-12,14-15H,7,13H2,1-6H3/b11-9+. The zero-order valence-corrected chi connectivity index (χ0v) is 16.4. The Labute approximate surface area is 155 Å². The molecule has 1 unspecified atom stereocenters. The van der Waals surface area contributed by atoms with Gasteiger partial charge in [0.05, 0.1) is 26.7 Å². The van der Waals surface area contributed by atoms with Crippen molar-refractivity contribution >= 4 is 18.0 Å². The van der Waals surface area contributed by atoms with Gasteiger partial charge >= 0.3 is 5.97 Å². The summed E-state index contributed by atoms with van der Waals surface area (Å²) < 4.78 is 15.5. The Morgan fingerprint density at radius 2 is 1.85 bits per heavy atom. The van der Waals surface area contributed by atoms with Gasteiger partial charge in [-0.15, -0.1) is 0 Å². The molecule has 1 atom stereocenters. The highest BCUT2D eigenvalue weighted by Gasteiger charge is 2.22. The summed E-state index contributed by atoms with van der Waals surface area (Å²) in [6, 6.07) is 5.44. The molecule has 1 aromatic rings. The van der Waals surface area contributed by atoms with Gasteiger partial charge in [-0.2, -0.15) is 0 Å². The highest BCUT2D eigenvalue weighted by Crippen LogP contribution is 2.28. The van der Waals surface area contributed by atoms with E-state index in [9.17, 15) is 9.59 Å². The predicted octanol–water partition coefficient (Wildman–Crippen LogP) is 3.15. The molecule has 144 valence electrons. The minimum Gasteiger partial charge on any atom is -0.493 e. The lowest BCUT2D eigenvalue weighted by Crippen LogP contribution is -2.40. The van der Waals surface area contributed by atoms with Crippen molar-refractivity contribution in [1.29, 1.82) is 0 Å². The van der Waals surface area contributed by atoms with Crippen molar-refractivity contribution in [2.24, 2.45) is 5.92 Å². The van der Waals surface area contributed by atoms with Crippen LogP contribution in [0.15, 0.2) is 24.3 Å². The molecule has 6 nitrogen and oxygen atoms in total. The van der Waals surface area contributed by atoms with Crippen LogP contribution in [0.2, 0.25) is 0 Å². The Morgan fingerprint density at radius 3 is 2.38 bits per heavy atom. The predicted molar refractivity (Wildman–Crippen MR) is 101 cm³/mol. The summed E-state index contributed by atoms with van der Waals surface area (Å²) in [5.41, 5.74) is 0.823. The number of nitrogens with zero attached hydrogens (tertiary/aromatic N) is 1. The average molecular weight is 363 g/mol. The molecule has 0 saturated carbocycles. The molecule has 6 heteroatoms. The molecule has 0 radical (unpaired) electrons. The minimum atomic E-state index is -0.384. The van der Waals surface area contributed by atoms with E-state index < -0.39 is 0 Å². The van der Waals surface area contributed by atoms with Crippen molar-refractivity contribution in [2.75, 3.05) is 27.4 Å². The van der Waals surface area contributed by atoms with Crippen molar-refractivity contribution in [3.8, 4) is 11.5 Å². The summed E-state index contributed by atoms with van der Waals surface area (Å²) >= 11 is 0. The first-order chi connectivity index (χ1) is 12.3. The summed E-state index contributed by atoms with van der Waals surface area (Å²) in [4.78, 5) is 25.8. The maximum atomic E-state index is 12.6. The van der Waals surface area contributed by atoms with Crippen LogP contribution in [-0.2, 0) is 14.3 Å². The van der Waals surface area contributed by atoms with Crippen LogP contribution in [0.3, 0.4) is 0 Å². The third-order valence-corrected chi connectivity index (χ3v) is 3.89. The minimum absolute atomic E-state index is 0.0332. The zero-order valence-electron chi connectivity index (χ0n) is 16.4. The molecule has 0 spiro atoms. The summed E-state index contributed by atoms with van der Waals surface area (Å²) in [6.45, 7) is 8.33. The van der Waals surface area contributed by atoms with E-state index in [0.717, 1.165) is 5.56 Å². The highest BCUT2D eigenvalue weighted by atomic mass is 16.5. The lowest BCUT2D eigenvalue weighted by Gasteiger charge is -2.27. The zero-order chi connectivity index (χ0) is 19.7. The second kappa shape index (κ2) is 10.5. The first-order valence-electron chi connectivity index (χ1n) is 8.71. The Balaban J connectivity index is 2.90. The van der Waals surface area contributed by atoms with E-state index in [-0.39, 0.29) is 23.8 Å². The molecule has 0 bridgehead atoms. The summed E-state index contributed by atoms with van der Waals surface area (Å²) in [6.07, 6.45) is 3.22. The molecule has 0 aliphatic carbocycles. The fourth-order valence-corrected chi connectivity index (χ4v) is 2.45. The topological polar surface area (TPSA) is 65.1 Å². The number of hydrogen-bond acceptors (Lipinski definition) is 5. The lowest BCUT2D eigenvalue weighted by atomic mass is 10.1. The molecular formula is C20H29NO5. The Kier molecular flexibility index (Phi) is 8.68. The monoisotopic (exact) mass is 363 g/mol. The largest absolute Gasteiger partial charge is 0.493 e. The highest BCUT2D eigenvalue weighted by molar-refractivity contribution is 5.92. The number of esters is 1. The number of carbonyl (C=O) groups is 2. The Morgan fingerprint density at radius 1 is 1.15 bits per heavy atom. The van der Waals surface area contributed by atoms with Gasteiger partial charge in [0.1, 0.15) is 0 Å². The third-order valence-electron chi connectivity index (χ3n) is 3.89. The molecule has 26 heavy (non-hydrogen) atoms. The van der Waals surface area contributed by atoms with Gasteiger partial charge in [0.25, 0.3) is 0 Å². The van der Waals surface area contributed by atoms with Crippen LogP contribution >= 0.6 is 0 Å². The summed E-state index contributed by atoms with van der Waals surface area (Å²) in [7, 11) is 2.92. The fraction of sp³-hybridized carbons (Fsp3) is 0.500. The van der Waals surface area contributed by atoms with E-state index >= 15 is 0 Å². The molecule has 0 heterocycles. The van der Waals surface area contributed by atoms with E-state index in [2.05, 4.69) is 0 Å². The van der Waals surface area contributed by atoms with Crippen LogP contribution in [0.4, 0.5) is 0 Å². The summed E-state index contributed by atoms with van der Waals surface area (Å²) in [5.74, 6) is 0.397. The number of benzene rings is 1. The van der Waals surface area contributed by atoms with E-state index in [1.807, 2.05) is 39.0 Å². The van der Waals surface area contributed by atoms with Crippen LogP contribution in [0.25, 0.3) is 6.08 Å². The maximum absolute atomic E-state index is 12.6. The lowest BCUT2D eigenvalue weighted by molar-refractivity contribution is -0.146. The van der Waals surface area contributed by atoms with Crippen LogP contribution in [0, 0.1) is 5.92 Å². The van der Waals surface area contributed by atoms with Crippen molar-refractivity contribution in [3.05, 3.63) is 29.8 Å². The van der Waals surface area contributed by atoms with Gasteiger partial charge in [-0.3, -0.25) is 9.59 Å². The van der Waals surface area contributed by atoms with Crippen molar-refractivity contribution in [3.63, 3.8) is 0 Å². The molecule has 0 aromatic heterocycles. The molecule has 0 saturated heterocycles. The van der Waals surface area contributed by atoms with Gasteiger partial charge in [-0.1, -0.05) is 13.0 Å². The van der Waals surface area contributed by atoms with Gasteiger partial charge in [-0.25, -0.2) is 0 Å². The molecule has 0 aliphatic rings. The van der Waals surface area contributed by atoms with Crippen LogP contribution in [0.1, 0.15) is 33.3 Å². The van der Waals surface area contributed by atoms with Crippen LogP contribution in [0.5, 0.6) is 11.5 Å². The average Bonchev–Trinajstić information content (AvgIpc) is 2.63. The number of amides is 1. The first kappa shape index (κ1) is 21.5. The number of ether oxygens (including phenoxy) is 3. The van der Waals surface area contributed by atoms with Crippen molar-refractivity contribution in [1.82, 2.24) is 4.90 Å². The van der Waals surface area contributed by atoms with Gasteiger partial charge in [0.2, 0.25) is 5.91 Å². The number of carbonyl (C=O) groups excluding carboxylic acids is 2. The molecule has 1 amide bonds. The summed E-state index contributed by atoms with van der Waals surface area (Å²) in [5, 5.41) is 0. The smallest absolute Gasteiger partial charge is 0.310 e. The molecule has 1 rings (SSSR count). The molecular weight excluding hydrogens is 334 g/mol. The second-order valence-corrected chi connectivity index (χ2v) is 6.19. The SMILES string of the molecule is CCOc1ccc(/C=C/C(=O)N(CC(C)C(=O)OC)C(C)C)cc1OC. The van der Waals surface area contributed by atoms with Gasteiger partial charge < -0.3 is 19.1 Å². The molecule has 0 N–H and O–H groups in total.